The molecule has 1 amide bonds. The fourth-order valence-electron chi connectivity index (χ4n) is 1.96. The van der Waals surface area contributed by atoms with Crippen molar-refractivity contribution < 1.29 is 14.3 Å². The summed E-state index contributed by atoms with van der Waals surface area (Å²) in [7, 11) is 2.98. The van der Waals surface area contributed by atoms with Gasteiger partial charge in [0.25, 0.3) is 0 Å². The second-order valence-electron chi connectivity index (χ2n) is 4.98. The summed E-state index contributed by atoms with van der Waals surface area (Å²) in [5.41, 5.74) is 1.84. The van der Waals surface area contributed by atoms with Gasteiger partial charge in [0.15, 0.2) is 0 Å². The zero-order chi connectivity index (χ0) is 14.6. The van der Waals surface area contributed by atoms with E-state index >= 15 is 0 Å². The van der Waals surface area contributed by atoms with Crippen molar-refractivity contribution >= 4 is 17.6 Å². The summed E-state index contributed by atoms with van der Waals surface area (Å²) in [5, 5.41) is 0. The van der Waals surface area contributed by atoms with E-state index in [0.29, 0.717) is 0 Å². The van der Waals surface area contributed by atoms with Crippen LogP contribution >= 0.6 is 0 Å². The molecule has 0 heterocycles. The Morgan fingerprint density at radius 1 is 1.26 bits per heavy atom. The quantitative estimate of drug-likeness (QED) is 0.619. The number of anilines is 1. The molecule has 1 unspecified atom stereocenters. The number of amides is 1. The molecule has 4 heteroatoms. The fourth-order valence-corrected chi connectivity index (χ4v) is 1.96. The largest absolute Gasteiger partial charge is 0.468 e. The third-order valence-electron chi connectivity index (χ3n) is 3.11. The van der Waals surface area contributed by atoms with Crippen LogP contribution in [0.2, 0.25) is 0 Å². The van der Waals surface area contributed by atoms with Gasteiger partial charge in [0.05, 0.1) is 7.11 Å². The predicted octanol–water partition coefficient (Wildman–Crippen LogP) is 2.40. The average molecular weight is 263 g/mol. The minimum atomic E-state index is -0.768. The van der Waals surface area contributed by atoms with E-state index in [1.165, 1.54) is 12.0 Å². The summed E-state index contributed by atoms with van der Waals surface area (Å²) >= 11 is 0. The lowest BCUT2D eigenvalue weighted by Gasteiger charge is -2.24. The first-order chi connectivity index (χ1) is 8.88. The average Bonchev–Trinajstić information content (AvgIpc) is 2.37. The Hall–Kier alpha value is -1.84. The first-order valence-corrected chi connectivity index (χ1v) is 6.30. The third-order valence-corrected chi connectivity index (χ3v) is 3.11. The highest BCUT2D eigenvalue weighted by atomic mass is 16.5. The number of nitrogens with zero attached hydrogens (tertiary/aromatic N) is 1. The van der Waals surface area contributed by atoms with Gasteiger partial charge in [-0.1, -0.05) is 26.0 Å². The van der Waals surface area contributed by atoms with Crippen LogP contribution in [0.15, 0.2) is 24.3 Å². The van der Waals surface area contributed by atoms with Gasteiger partial charge in [0.2, 0.25) is 5.91 Å². The van der Waals surface area contributed by atoms with Gasteiger partial charge in [-0.3, -0.25) is 9.59 Å². The van der Waals surface area contributed by atoms with E-state index in [4.69, 9.17) is 4.74 Å². The molecule has 0 spiro atoms. The molecule has 0 radical (unpaired) electrons. The Kier molecular flexibility index (Phi) is 5.10. The molecule has 0 aliphatic heterocycles. The van der Waals surface area contributed by atoms with Gasteiger partial charge in [-0.2, -0.15) is 0 Å². The van der Waals surface area contributed by atoms with Crippen LogP contribution in [-0.2, 0) is 14.3 Å². The highest BCUT2D eigenvalue weighted by Gasteiger charge is 2.33. The van der Waals surface area contributed by atoms with E-state index in [-0.39, 0.29) is 11.8 Å². The van der Waals surface area contributed by atoms with Crippen molar-refractivity contribution in [2.24, 2.45) is 11.8 Å². The smallest absolute Gasteiger partial charge is 0.318 e. The van der Waals surface area contributed by atoms with Gasteiger partial charge in [-0.05, 0) is 30.5 Å². The number of carbonyl (C=O) groups is 2. The number of hydrogen-bond acceptors (Lipinski definition) is 3. The van der Waals surface area contributed by atoms with Crippen LogP contribution in [0.25, 0.3) is 0 Å². The molecule has 4 nitrogen and oxygen atoms in total. The fraction of sp³-hybridized carbons (Fsp3) is 0.467. The van der Waals surface area contributed by atoms with Crippen molar-refractivity contribution in [2.45, 2.75) is 20.8 Å². The molecule has 104 valence electrons. The standard InChI is InChI=1S/C15H21NO3/c1-10(2)13(15(18)19-5)14(17)16(4)12-8-6-7-11(3)9-12/h6-10,13H,1-5H3. The molecule has 0 aliphatic carbocycles. The molecule has 0 N–H and O–H groups in total. The Labute approximate surface area is 114 Å². The number of benzene rings is 1. The van der Waals surface area contributed by atoms with Crippen molar-refractivity contribution in [3.63, 3.8) is 0 Å². The number of aryl methyl sites for hydroxylation is 1. The molecule has 19 heavy (non-hydrogen) atoms. The van der Waals surface area contributed by atoms with Crippen LogP contribution in [-0.4, -0.2) is 26.0 Å². The number of ether oxygens (including phenoxy) is 1. The molecule has 0 bridgehead atoms. The highest BCUT2D eigenvalue weighted by Crippen LogP contribution is 2.21. The van der Waals surface area contributed by atoms with Gasteiger partial charge >= 0.3 is 5.97 Å². The van der Waals surface area contributed by atoms with Crippen molar-refractivity contribution in [2.75, 3.05) is 19.1 Å². The Morgan fingerprint density at radius 3 is 2.37 bits per heavy atom. The van der Waals surface area contributed by atoms with Crippen molar-refractivity contribution in [3.05, 3.63) is 29.8 Å². The first kappa shape index (κ1) is 15.2. The second-order valence-corrected chi connectivity index (χ2v) is 4.98. The second kappa shape index (κ2) is 6.36. The van der Waals surface area contributed by atoms with Crippen LogP contribution in [0.5, 0.6) is 0 Å². The highest BCUT2D eigenvalue weighted by molar-refractivity contribution is 6.06. The predicted molar refractivity (Wildman–Crippen MR) is 74.9 cm³/mol. The van der Waals surface area contributed by atoms with Crippen LogP contribution in [0.3, 0.4) is 0 Å². The van der Waals surface area contributed by atoms with Crippen LogP contribution in [0.1, 0.15) is 19.4 Å². The number of methoxy groups -OCH3 is 1. The van der Waals surface area contributed by atoms with Crippen LogP contribution < -0.4 is 4.90 Å². The number of carbonyl (C=O) groups excluding carboxylic acids is 2. The Balaban J connectivity index is 3.00. The zero-order valence-electron chi connectivity index (χ0n) is 12.1. The van der Waals surface area contributed by atoms with Gasteiger partial charge in [0, 0.05) is 12.7 Å². The van der Waals surface area contributed by atoms with Crippen molar-refractivity contribution in [1.29, 1.82) is 0 Å². The van der Waals surface area contributed by atoms with Crippen LogP contribution in [0.4, 0.5) is 5.69 Å². The SMILES string of the molecule is COC(=O)C(C(=O)N(C)c1cccc(C)c1)C(C)C. The number of hydrogen-bond donors (Lipinski definition) is 0. The maximum atomic E-state index is 12.4. The van der Waals surface area contributed by atoms with Crippen molar-refractivity contribution in [3.8, 4) is 0 Å². The summed E-state index contributed by atoms with van der Waals surface area (Å²) in [5.74, 6) is -1.60. The molecule has 0 aliphatic rings. The van der Waals surface area contributed by atoms with Crippen molar-refractivity contribution in [1.82, 2.24) is 0 Å². The lowest BCUT2D eigenvalue weighted by Crippen LogP contribution is -2.40. The Morgan fingerprint density at radius 2 is 1.89 bits per heavy atom. The van der Waals surface area contributed by atoms with E-state index in [1.54, 1.807) is 7.05 Å². The van der Waals surface area contributed by atoms with Gasteiger partial charge in [-0.25, -0.2) is 0 Å². The summed E-state index contributed by atoms with van der Waals surface area (Å²) < 4.78 is 4.72. The van der Waals surface area contributed by atoms with E-state index in [9.17, 15) is 9.59 Å². The number of esters is 1. The molecule has 0 aromatic heterocycles. The van der Waals surface area contributed by atoms with Crippen LogP contribution in [0, 0.1) is 18.8 Å². The van der Waals surface area contributed by atoms with E-state index < -0.39 is 11.9 Å². The minimum absolute atomic E-state index is 0.104. The van der Waals surface area contributed by atoms with E-state index in [2.05, 4.69) is 0 Å². The van der Waals surface area contributed by atoms with Gasteiger partial charge < -0.3 is 9.64 Å². The molecule has 1 atom stereocenters. The first-order valence-electron chi connectivity index (χ1n) is 6.30. The normalized spacial score (nSPS) is 12.1. The molecular formula is C15H21NO3. The van der Waals surface area contributed by atoms with E-state index in [1.807, 2.05) is 45.0 Å². The molecule has 1 aromatic rings. The third kappa shape index (κ3) is 3.56. The van der Waals surface area contributed by atoms with Gasteiger partial charge in [-0.15, -0.1) is 0 Å². The molecule has 1 rings (SSSR count). The topological polar surface area (TPSA) is 46.6 Å². The molecular weight excluding hydrogens is 242 g/mol. The molecule has 0 fully saturated rings. The minimum Gasteiger partial charge on any atom is -0.468 e. The maximum absolute atomic E-state index is 12.4. The monoisotopic (exact) mass is 263 g/mol. The summed E-state index contributed by atoms with van der Waals surface area (Å²) in [6, 6.07) is 7.60. The zero-order valence-corrected chi connectivity index (χ0v) is 12.1. The molecule has 0 saturated heterocycles. The lowest BCUT2D eigenvalue weighted by molar-refractivity contribution is -0.151. The molecule has 1 aromatic carbocycles. The van der Waals surface area contributed by atoms with E-state index in [0.717, 1.165) is 11.3 Å². The number of rotatable bonds is 4. The lowest BCUT2D eigenvalue weighted by atomic mass is 9.94. The summed E-state index contributed by atoms with van der Waals surface area (Å²) in [6.07, 6.45) is 0. The maximum Gasteiger partial charge on any atom is 0.318 e. The summed E-state index contributed by atoms with van der Waals surface area (Å²) in [6.45, 7) is 5.63. The molecule has 0 saturated carbocycles. The Bertz CT molecular complexity index is 468. The summed E-state index contributed by atoms with van der Waals surface area (Å²) in [4.78, 5) is 25.7. The van der Waals surface area contributed by atoms with Gasteiger partial charge in [0.1, 0.15) is 5.92 Å².